The van der Waals surface area contributed by atoms with Crippen LogP contribution < -0.4 is 4.74 Å². The predicted molar refractivity (Wildman–Crippen MR) is 84.4 cm³/mol. The van der Waals surface area contributed by atoms with Gasteiger partial charge in [-0.3, -0.25) is 4.79 Å². The maximum Gasteiger partial charge on any atom is 0.184 e. The summed E-state index contributed by atoms with van der Waals surface area (Å²) in [6, 6.07) is 16.2. The van der Waals surface area contributed by atoms with Crippen molar-refractivity contribution in [1.29, 1.82) is 5.26 Å². The number of hydrogen-bond donors (Lipinski definition) is 0. The van der Waals surface area contributed by atoms with Gasteiger partial charge in [-0.05, 0) is 36.8 Å². The van der Waals surface area contributed by atoms with Gasteiger partial charge in [-0.2, -0.15) is 5.26 Å². The second-order valence-electron chi connectivity index (χ2n) is 4.44. The van der Waals surface area contributed by atoms with Crippen molar-refractivity contribution in [1.82, 2.24) is 0 Å². The zero-order valence-corrected chi connectivity index (χ0v) is 13.1. The molecule has 2 aromatic rings. The molecule has 1 unspecified atom stereocenters. The van der Waals surface area contributed by atoms with Crippen molar-refractivity contribution in [2.24, 2.45) is 0 Å². The van der Waals surface area contributed by atoms with Crippen LogP contribution in [0, 0.1) is 11.3 Å². The number of nitrogens with zero attached hydrogens (tertiary/aromatic N) is 1. The summed E-state index contributed by atoms with van der Waals surface area (Å²) in [5.74, 6) is -0.273. The van der Waals surface area contributed by atoms with Crippen LogP contribution in [0.1, 0.15) is 28.8 Å². The summed E-state index contributed by atoms with van der Waals surface area (Å²) in [6.45, 7) is 2.49. The molecule has 4 heteroatoms. The highest BCUT2D eigenvalue weighted by molar-refractivity contribution is 9.10. The molecular formula is C17H14BrNO2. The molecule has 0 saturated carbocycles. The first-order valence-corrected chi connectivity index (χ1v) is 7.37. The minimum absolute atomic E-state index is 0.200. The highest BCUT2D eigenvalue weighted by Crippen LogP contribution is 2.23. The lowest BCUT2D eigenvalue weighted by atomic mass is 9.92. The van der Waals surface area contributed by atoms with Gasteiger partial charge < -0.3 is 4.74 Å². The van der Waals surface area contributed by atoms with Gasteiger partial charge in [-0.25, -0.2) is 0 Å². The van der Waals surface area contributed by atoms with Crippen LogP contribution >= 0.6 is 15.9 Å². The Hall–Kier alpha value is -2.12. The third kappa shape index (κ3) is 3.71. The molecule has 0 amide bonds. The Labute approximate surface area is 132 Å². The first kappa shape index (κ1) is 15.3. The minimum atomic E-state index is -0.804. The highest BCUT2D eigenvalue weighted by atomic mass is 79.9. The van der Waals surface area contributed by atoms with Crippen LogP contribution in [0.5, 0.6) is 5.75 Å². The summed E-state index contributed by atoms with van der Waals surface area (Å²) in [4.78, 5) is 12.4. The maximum absolute atomic E-state index is 12.4. The normalized spacial score (nSPS) is 11.5. The van der Waals surface area contributed by atoms with Crippen molar-refractivity contribution in [2.75, 3.05) is 6.61 Å². The number of nitriles is 1. The summed E-state index contributed by atoms with van der Waals surface area (Å²) >= 11 is 3.33. The van der Waals surface area contributed by atoms with Crippen LogP contribution in [0.15, 0.2) is 53.0 Å². The van der Waals surface area contributed by atoms with Crippen LogP contribution in [0.3, 0.4) is 0 Å². The van der Waals surface area contributed by atoms with E-state index in [2.05, 4.69) is 22.0 Å². The third-order valence-electron chi connectivity index (χ3n) is 3.04. The molecule has 0 heterocycles. The van der Waals surface area contributed by atoms with Crippen molar-refractivity contribution in [2.45, 2.75) is 12.8 Å². The van der Waals surface area contributed by atoms with E-state index in [1.165, 1.54) is 0 Å². The number of rotatable bonds is 5. The van der Waals surface area contributed by atoms with E-state index in [0.29, 0.717) is 17.7 Å². The Kier molecular flexibility index (Phi) is 5.13. The highest BCUT2D eigenvalue weighted by Gasteiger charge is 2.21. The van der Waals surface area contributed by atoms with Gasteiger partial charge in [0, 0.05) is 10.0 Å². The number of ether oxygens (including phenoxy) is 1. The molecule has 0 aliphatic carbocycles. The largest absolute Gasteiger partial charge is 0.494 e. The fraction of sp³-hybridized carbons (Fsp3) is 0.176. The zero-order valence-electron chi connectivity index (χ0n) is 11.5. The van der Waals surface area contributed by atoms with Crippen LogP contribution in [-0.2, 0) is 0 Å². The number of carbonyl (C=O) groups excluding carboxylic acids is 1. The Balaban J connectivity index is 2.24. The smallest absolute Gasteiger partial charge is 0.184 e. The van der Waals surface area contributed by atoms with Gasteiger partial charge in [0.2, 0.25) is 0 Å². The Morgan fingerprint density at radius 1 is 1.19 bits per heavy atom. The molecule has 2 aromatic carbocycles. The lowest BCUT2D eigenvalue weighted by Gasteiger charge is -2.10. The van der Waals surface area contributed by atoms with Gasteiger partial charge in [0.25, 0.3) is 0 Å². The molecule has 0 bridgehead atoms. The molecule has 0 N–H and O–H groups in total. The van der Waals surface area contributed by atoms with Gasteiger partial charge in [-0.1, -0.05) is 40.2 Å². The van der Waals surface area contributed by atoms with Crippen molar-refractivity contribution < 1.29 is 9.53 Å². The van der Waals surface area contributed by atoms with E-state index >= 15 is 0 Å². The molecule has 0 radical (unpaired) electrons. The van der Waals surface area contributed by atoms with Gasteiger partial charge in [0.05, 0.1) is 12.7 Å². The van der Waals surface area contributed by atoms with Crippen LogP contribution in [-0.4, -0.2) is 12.4 Å². The lowest BCUT2D eigenvalue weighted by molar-refractivity contribution is 0.0979. The molecule has 0 spiro atoms. The zero-order chi connectivity index (χ0) is 15.2. The monoisotopic (exact) mass is 343 g/mol. The van der Waals surface area contributed by atoms with Crippen molar-refractivity contribution >= 4 is 21.7 Å². The average molecular weight is 344 g/mol. The van der Waals surface area contributed by atoms with E-state index in [0.717, 1.165) is 10.2 Å². The first-order valence-electron chi connectivity index (χ1n) is 6.58. The fourth-order valence-electron chi connectivity index (χ4n) is 1.99. The van der Waals surface area contributed by atoms with Crippen LogP contribution in [0.2, 0.25) is 0 Å². The van der Waals surface area contributed by atoms with E-state index in [9.17, 15) is 10.1 Å². The number of hydrogen-bond acceptors (Lipinski definition) is 3. The quantitative estimate of drug-likeness (QED) is 0.758. The summed E-state index contributed by atoms with van der Waals surface area (Å²) in [6.07, 6.45) is 0. The molecular weight excluding hydrogens is 330 g/mol. The van der Waals surface area contributed by atoms with Gasteiger partial charge in [0.15, 0.2) is 5.78 Å². The van der Waals surface area contributed by atoms with Gasteiger partial charge in [0.1, 0.15) is 11.7 Å². The summed E-state index contributed by atoms with van der Waals surface area (Å²) < 4.78 is 6.26. The number of halogens is 1. The molecule has 0 aliphatic rings. The Morgan fingerprint density at radius 2 is 1.81 bits per heavy atom. The van der Waals surface area contributed by atoms with Crippen molar-refractivity contribution in [3.63, 3.8) is 0 Å². The second-order valence-corrected chi connectivity index (χ2v) is 5.35. The van der Waals surface area contributed by atoms with E-state index in [4.69, 9.17) is 4.74 Å². The molecule has 0 aromatic heterocycles. The second kappa shape index (κ2) is 7.05. The Morgan fingerprint density at radius 3 is 2.33 bits per heavy atom. The predicted octanol–water partition coefficient (Wildman–Crippen LogP) is 4.34. The maximum atomic E-state index is 12.4. The number of Topliss-reactive ketones (excluding diaryl/α,β-unsaturated/α-hetero) is 1. The first-order chi connectivity index (χ1) is 10.2. The van der Waals surface area contributed by atoms with Crippen LogP contribution in [0.25, 0.3) is 0 Å². The summed E-state index contributed by atoms with van der Waals surface area (Å²) in [5, 5.41) is 9.33. The van der Waals surface area contributed by atoms with E-state index in [1.54, 1.807) is 48.5 Å². The molecule has 106 valence electrons. The topological polar surface area (TPSA) is 50.1 Å². The Bertz CT molecular complexity index is 657. The van der Waals surface area contributed by atoms with E-state index < -0.39 is 5.92 Å². The lowest BCUT2D eigenvalue weighted by Crippen LogP contribution is -2.11. The molecule has 0 saturated heterocycles. The molecule has 2 rings (SSSR count). The van der Waals surface area contributed by atoms with Gasteiger partial charge in [-0.15, -0.1) is 0 Å². The molecule has 0 fully saturated rings. The van der Waals surface area contributed by atoms with E-state index in [-0.39, 0.29) is 5.78 Å². The van der Waals surface area contributed by atoms with Crippen molar-refractivity contribution in [3.8, 4) is 11.8 Å². The number of benzene rings is 2. The van der Waals surface area contributed by atoms with Crippen molar-refractivity contribution in [3.05, 3.63) is 64.1 Å². The SMILES string of the molecule is CCOc1ccc(C(C#N)C(=O)c2ccc(Br)cc2)cc1. The third-order valence-corrected chi connectivity index (χ3v) is 3.57. The van der Waals surface area contributed by atoms with E-state index in [1.807, 2.05) is 6.92 Å². The molecule has 1 atom stereocenters. The minimum Gasteiger partial charge on any atom is -0.494 e. The van der Waals surface area contributed by atoms with Crippen LogP contribution in [0.4, 0.5) is 0 Å². The summed E-state index contributed by atoms with van der Waals surface area (Å²) in [5.41, 5.74) is 1.20. The molecule has 3 nitrogen and oxygen atoms in total. The number of ketones is 1. The molecule has 0 aliphatic heterocycles. The standard InChI is InChI=1S/C17H14BrNO2/c1-2-21-15-9-5-12(6-10-15)16(11-19)17(20)13-3-7-14(18)8-4-13/h3-10,16H,2H2,1H3. The molecule has 21 heavy (non-hydrogen) atoms. The fourth-order valence-corrected chi connectivity index (χ4v) is 2.25. The number of carbonyl (C=O) groups is 1. The van der Waals surface area contributed by atoms with Gasteiger partial charge >= 0.3 is 0 Å². The average Bonchev–Trinajstić information content (AvgIpc) is 2.50. The summed E-state index contributed by atoms with van der Waals surface area (Å²) in [7, 11) is 0.